The van der Waals surface area contributed by atoms with Crippen molar-refractivity contribution in [2.45, 2.75) is 51.9 Å². The van der Waals surface area contributed by atoms with Crippen molar-refractivity contribution in [2.75, 3.05) is 7.11 Å². The Kier molecular flexibility index (Phi) is 5.29. The summed E-state index contributed by atoms with van der Waals surface area (Å²) in [4.78, 5) is 0. The van der Waals surface area contributed by atoms with Gasteiger partial charge in [0.25, 0.3) is 5.95 Å². The summed E-state index contributed by atoms with van der Waals surface area (Å²) in [6.07, 6.45) is 0. The number of methoxy groups -OCH3 is 1. The van der Waals surface area contributed by atoms with Gasteiger partial charge in [0.15, 0.2) is 0 Å². The normalized spacial score (nSPS) is 16.6. The van der Waals surface area contributed by atoms with Crippen molar-refractivity contribution in [2.24, 2.45) is 5.73 Å². The Hall–Kier alpha value is -0.266. The molecule has 0 spiro atoms. The average Bonchev–Trinajstić information content (AvgIpc) is 2.08. The van der Waals surface area contributed by atoms with Gasteiger partial charge in [-0.1, -0.05) is 19.6 Å². The first-order valence-electron chi connectivity index (χ1n) is 5.68. The SMILES string of the molecule is COC(O[Si](C)(C)C)=C(C)C(N)[Si](C)(C)C. The van der Waals surface area contributed by atoms with Crippen LogP contribution in [-0.2, 0) is 9.16 Å². The van der Waals surface area contributed by atoms with Gasteiger partial charge in [-0.2, -0.15) is 0 Å². The van der Waals surface area contributed by atoms with Gasteiger partial charge in [0.05, 0.1) is 15.2 Å². The molecular weight excluding hydrogens is 234 g/mol. The Balaban J connectivity index is 5.02. The Bertz CT molecular complexity index is 264. The summed E-state index contributed by atoms with van der Waals surface area (Å²) >= 11 is 0. The monoisotopic (exact) mass is 261 g/mol. The van der Waals surface area contributed by atoms with Gasteiger partial charge in [-0.25, -0.2) is 0 Å². The van der Waals surface area contributed by atoms with Crippen molar-refractivity contribution < 1.29 is 9.16 Å². The fraction of sp³-hybridized carbons (Fsp3) is 0.818. The molecule has 0 aromatic heterocycles. The molecule has 1 atom stereocenters. The fourth-order valence-corrected chi connectivity index (χ4v) is 3.56. The highest BCUT2D eigenvalue weighted by molar-refractivity contribution is 6.78. The molecular formula is C11H27NO2Si2. The van der Waals surface area contributed by atoms with Crippen LogP contribution in [0.25, 0.3) is 0 Å². The second-order valence-electron chi connectivity index (χ2n) is 6.23. The first-order chi connectivity index (χ1) is 6.99. The maximum Gasteiger partial charge on any atom is 0.265 e. The Morgan fingerprint density at radius 1 is 1.06 bits per heavy atom. The maximum absolute atomic E-state index is 6.25. The van der Waals surface area contributed by atoms with Crippen LogP contribution in [0.15, 0.2) is 11.5 Å². The highest BCUT2D eigenvalue weighted by atomic mass is 28.4. The number of rotatable bonds is 5. The van der Waals surface area contributed by atoms with Gasteiger partial charge in [0, 0.05) is 11.2 Å². The van der Waals surface area contributed by atoms with Crippen molar-refractivity contribution in [3.63, 3.8) is 0 Å². The molecule has 0 fully saturated rings. The predicted octanol–water partition coefficient (Wildman–Crippen LogP) is 2.92. The van der Waals surface area contributed by atoms with E-state index in [2.05, 4.69) is 39.3 Å². The second kappa shape index (κ2) is 5.38. The van der Waals surface area contributed by atoms with Crippen LogP contribution in [0.2, 0.25) is 39.3 Å². The lowest BCUT2D eigenvalue weighted by molar-refractivity contribution is 0.141. The largest absolute Gasteiger partial charge is 0.520 e. The van der Waals surface area contributed by atoms with E-state index in [-0.39, 0.29) is 5.67 Å². The standard InChI is InChI=1S/C11H27NO2Si2/c1-9(10(12)15(3,4)5)11(13-2)14-16(6,7)8/h10H,12H2,1-8H3. The molecule has 0 amide bonds. The summed E-state index contributed by atoms with van der Waals surface area (Å²) in [6.45, 7) is 15.2. The molecule has 5 heteroatoms. The molecule has 3 nitrogen and oxygen atoms in total. The van der Waals surface area contributed by atoms with Gasteiger partial charge in [-0.05, 0) is 26.6 Å². The van der Waals surface area contributed by atoms with Crippen molar-refractivity contribution in [3.05, 3.63) is 11.5 Å². The van der Waals surface area contributed by atoms with Crippen LogP contribution in [-0.4, -0.2) is 29.2 Å². The Labute approximate surface area is 102 Å². The van der Waals surface area contributed by atoms with Crippen LogP contribution in [0, 0.1) is 0 Å². The van der Waals surface area contributed by atoms with Crippen molar-refractivity contribution in [1.82, 2.24) is 0 Å². The minimum absolute atomic E-state index is 0.0822. The summed E-state index contributed by atoms with van der Waals surface area (Å²) in [5.74, 6) is 0.633. The molecule has 0 radical (unpaired) electrons. The Morgan fingerprint density at radius 3 is 1.75 bits per heavy atom. The zero-order chi connectivity index (χ0) is 13.1. The quantitative estimate of drug-likeness (QED) is 0.611. The van der Waals surface area contributed by atoms with E-state index in [4.69, 9.17) is 14.9 Å². The third-order valence-corrected chi connectivity index (χ3v) is 5.40. The number of hydrogen-bond donors (Lipinski definition) is 1. The highest BCUT2D eigenvalue weighted by Gasteiger charge is 2.29. The molecule has 0 bridgehead atoms. The van der Waals surface area contributed by atoms with Gasteiger partial charge in [-0.15, -0.1) is 0 Å². The van der Waals surface area contributed by atoms with Gasteiger partial charge in [0.2, 0.25) is 8.32 Å². The van der Waals surface area contributed by atoms with E-state index >= 15 is 0 Å². The number of nitrogens with two attached hydrogens (primary N) is 1. The van der Waals surface area contributed by atoms with Crippen LogP contribution >= 0.6 is 0 Å². The number of hydrogen-bond acceptors (Lipinski definition) is 3. The van der Waals surface area contributed by atoms with Crippen molar-refractivity contribution in [3.8, 4) is 0 Å². The predicted molar refractivity (Wildman–Crippen MR) is 75.5 cm³/mol. The lowest BCUT2D eigenvalue weighted by Gasteiger charge is -2.29. The summed E-state index contributed by atoms with van der Waals surface area (Å²) in [7, 11) is -1.39. The third-order valence-electron chi connectivity index (χ3n) is 2.31. The summed E-state index contributed by atoms with van der Waals surface area (Å²) in [6, 6.07) is 0. The van der Waals surface area contributed by atoms with Crippen molar-refractivity contribution in [1.29, 1.82) is 0 Å². The zero-order valence-electron chi connectivity index (χ0n) is 12.0. The van der Waals surface area contributed by atoms with E-state index in [0.29, 0.717) is 5.95 Å². The van der Waals surface area contributed by atoms with Crippen LogP contribution in [0.5, 0.6) is 0 Å². The molecule has 0 aromatic carbocycles. The second-order valence-corrected chi connectivity index (χ2v) is 16.0. The van der Waals surface area contributed by atoms with Gasteiger partial charge in [0.1, 0.15) is 0 Å². The van der Waals surface area contributed by atoms with Crippen LogP contribution in [0.3, 0.4) is 0 Å². The summed E-state index contributed by atoms with van der Waals surface area (Å²) in [5, 5.41) is 0. The number of ether oxygens (including phenoxy) is 1. The first kappa shape index (κ1) is 15.7. The zero-order valence-corrected chi connectivity index (χ0v) is 14.0. The lowest BCUT2D eigenvalue weighted by Crippen LogP contribution is -2.46. The molecule has 16 heavy (non-hydrogen) atoms. The van der Waals surface area contributed by atoms with Gasteiger partial charge >= 0.3 is 0 Å². The molecule has 0 aliphatic rings. The maximum atomic E-state index is 6.25. The van der Waals surface area contributed by atoms with E-state index in [9.17, 15) is 0 Å². The summed E-state index contributed by atoms with van der Waals surface area (Å²) in [5.41, 5.74) is 7.38. The summed E-state index contributed by atoms with van der Waals surface area (Å²) < 4.78 is 11.2. The molecule has 0 saturated carbocycles. The van der Waals surface area contributed by atoms with Crippen molar-refractivity contribution >= 4 is 16.4 Å². The first-order valence-corrected chi connectivity index (χ1v) is 12.7. The van der Waals surface area contributed by atoms with E-state index < -0.39 is 16.4 Å². The molecule has 1 unspecified atom stereocenters. The molecule has 0 saturated heterocycles. The fourth-order valence-electron chi connectivity index (χ4n) is 1.34. The molecule has 0 rings (SSSR count). The van der Waals surface area contributed by atoms with Crippen LogP contribution < -0.4 is 5.73 Å². The minimum Gasteiger partial charge on any atom is -0.520 e. The average molecular weight is 262 g/mol. The van der Waals surface area contributed by atoms with E-state index in [1.165, 1.54) is 0 Å². The highest BCUT2D eigenvalue weighted by Crippen LogP contribution is 2.20. The van der Waals surface area contributed by atoms with E-state index in [1.807, 2.05) is 6.92 Å². The minimum atomic E-state index is -1.63. The van der Waals surface area contributed by atoms with Gasteiger partial charge in [-0.3, -0.25) is 0 Å². The molecule has 96 valence electrons. The molecule has 0 aliphatic heterocycles. The van der Waals surface area contributed by atoms with Gasteiger partial charge < -0.3 is 14.9 Å². The van der Waals surface area contributed by atoms with Crippen LogP contribution in [0.4, 0.5) is 0 Å². The molecule has 0 heterocycles. The molecule has 0 aliphatic carbocycles. The van der Waals surface area contributed by atoms with E-state index in [0.717, 1.165) is 5.57 Å². The Morgan fingerprint density at radius 2 is 1.50 bits per heavy atom. The lowest BCUT2D eigenvalue weighted by atomic mass is 10.3. The van der Waals surface area contributed by atoms with Crippen LogP contribution in [0.1, 0.15) is 6.92 Å². The third kappa shape index (κ3) is 5.18. The molecule has 0 aromatic rings. The van der Waals surface area contributed by atoms with E-state index in [1.54, 1.807) is 7.11 Å². The topological polar surface area (TPSA) is 44.5 Å². The molecule has 2 N–H and O–H groups in total. The smallest absolute Gasteiger partial charge is 0.265 e.